The van der Waals surface area contributed by atoms with E-state index < -0.39 is 12.1 Å². The molecule has 0 aliphatic carbocycles. The molecular weight excluding hydrogens is 274 g/mol. The van der Waals surface area contributed by atoms with E-state index in [0.29, 0.717) is 19.4 Å². The molecule has 0 spiro atoms. The van der Waals surface area contributed by atoms with Gasteiger partial charge in [-0.1, -0.05) is 6.08 Å². The Morgan fingerprint density at radius 1 is 1.38 bits per heavy atom. The highest BCUT2D eigenvalue weighted by Gasteiger charge is 2.55. The quantitative estimate of drug-likeness (QED) is 0.533. The Bertz CT molecular complexity index is 373. The van der Waals surface area contributed by atoms with Gasteiger partial charge in [-0.15, -0.1) is 6.58 Å². The molecule has 21 heavy (non-hydrogen) atoms. The third-order valence-electron chi connectivity index (χ3n) is 3.79. The molecule has 1 N–H and O–H groups in total. The Hall–Kier alpha value is -0.790. The van der Waals surface area contributed by atoms with Gasteiger partial charge in [-0.3, -0.25) is 0 Å². The first-order chi connectivity index (χ1) is 10.0. The minimum Gasteiger partial charge on any atom is -0.353 e. The molecule has 2 fully saturated rings. The van der Waals surface area contributed by atoms with E-state index >= 15 is 0 Å². The lowest BCUT2D eigenvalue weighted by molar-refractivity contribution is -0.228. The fourth-order valence-corrected chi connectivity index (χ4v) is 2.93. The molecule has 2 rings (SSSR count). The molecule has 0 aromatic heterocycles. The van der Waals surface area contributed by atoms with Crippen LogP contribution in [-0.4, -0.2) is 56.4 Å². The summed E-state index contributed by atoms with van der Waals surface area (Å²) in [5.74, 6) is -0.636. The summed E-state index contributed by atoms with van der Waals surface area (Å²) in [6.45, 7) is 8.09. The van der Waals surface area contributed by atoms with Gasteiger partial charge in [0.25, 0.3) is 0 Å². The zero-order chi connectivity index (χ0) is 15.5. The molecule has 0 aromatic carbocycles. The molecule has 0 saturated carbocycles. The van der Waals surface area contributed by atoms with Crippen LogP contribution in [0.15, 0.2) is 12.7 Å². The lowest BCUT2D eigenvalue weighted by atomic mass is 10.0. The van der Waals surface area contributed by atoms with E-state index in [0.717, 1.165) is 6.29 Å². The van der Waals surface area contributed by atoms with Gasteiger partial charge in [-0.05, 0) is 20.3 Å². The van der Waals surface area contributed by atoms with Crippen LogP contribution in [0.4, 0.5) is 0 Å². The first kappa shape index (κ1) is 16.6. The summed E-state index contributed by atoms with van der Waals surface area (Å²) in [7, 11) is 1.59. The summed E-state index contributed by atoms with van der Waals surface area (Å²) >= 11 is 0. The Morgan fingerprint density at radius 2 is 2.10 bits per heavy atom. The predicted molar refractivity (Wildman–Crippen MR) is 76.8 cm³/mol. The molecule has 0 radical (unpaired) electrons. The largest absolute Gasteiger partial charge is 0.353 e. The van der Waals surface area contributed by atoms with Crippen molar-refractivity contribution in [3.8, 4) is 0 Å². The van der Waals surface area contributed by atoms with Gasteiger partial charge in [-0.2, -0.15) is 0 Å². The Morgan fingerprint density at radius 3 is 2.71 bits per heavy atom. The number of aldehydes is 1. The number of hydrogen-bond acceptors (Lipinski definition) is 6. The third kappa shape index (κ3) is 3.90. The number of hydrogen-bond donors (Lipinski definition) is 1. The number of rotatable bonds is 8. The van der Waals surface area contributed by atoms with Gasteiger partial charge >= 0.3 is 0 Å². The zero-order valence-corrected chi connectivity index (χ0v) is 12.9. The van der Waals surface area contributed by atoms with E-state index in [9.17, 15) is 4.79 Å². The molecule has 5 atom stereocenters. The second-order valence-electron chi connectivity index (χ2n) is 5.88. The topological polar surface area (TPSA) is 66.0 Å². The molecule has 0 amide bonds. The number of nitrogens with one attached hydrogen (secondary N) is 1. The first-order valence-electron chi connectivity index (χ1n) is 7.32. The Labute approximate surface area is 125 Å². The van der Waals surface area contributed by atoms with Gasteiger partial charge < -0.3 is 29.1 Å². The van der Waals surface area contributed by atoms with Gasteiger partial charge in [0.2, 0.25) is 0 Å². The van der Waals surface area contributed by atoms with Crippen molar-refractivity contribution in [2.24, 2.45) is 0 Å². The van der Waals surface area contributed by atoms with Crippen LogP contribution in [0.5, 0.6) is 0 Å². The fourth-order valence-electron chi connectivity index (χ4n) is 2.93. The van der Waals surface area contributed by atoms with Crippen molar-refractivity contribution < 1.29 is 23.7 Å². The minimum atomic E-state index is -0.636. The van der Waals surface area contributed by atoms with Crippen molar-refractivity contribution in [3.05, 3.63) is 12.7 Å². The third-order valence-corrected chi connectivity index (χ3v) is 3.79. The number of carbonyl (C=O) groups excluding carboxylic acids is 1. The summed E-state index contributed by atoms with van der Waals surface area (Å²) in [5, 5.41) is 3.26. The normalized spacial score (nSPS) is 35.4. The van der Waals surface area contributed by atoms with Crippen LogP contribution >= 0.6 is 0 Å². The average molecular weight is 299 g/mol. The number of ether oxygens (including phenoxy) is 4. The number of methoxy groups -OCH3 is 1. The standard InChI is InChI=1S/C15H25NO5/c1-5-7-16-10(6-8-17)9-11-12-13(14(18-4)19-11)21-15(2,3)20-12/h5,8,10-14,16H,1,6-7,9H2,2-4H3. The van der Waals surface area contributed by atoms with Crippen molar-refractivity contribution in [2.45, 2.75) is 63.1 Å². The smallest absolute Gasteiger partial charge is 0.186 e. The van der Waals surface area contributed by atoms with Gasteiger partial charge in [0, 0.05) is 26.1 Å². The summed E-state index contributed by atoms with van der Waals surface area (Å²) in [5.41, 5.74) is 0. The van der Waals surface area contributed by atoms with E-state index in [1.165, 1.54) is 0 Å². The summed E-state index contributed by atoms with van der Waals surface area (Å²) in [6.07, 6.45) is 2.77. The molecule has 2 aliphatic heterocycles. The maximum atomic E-state index is 10.8. The highest BCUT2D eigenvalue weighted by atomic mass is 16.8. The highest BCUT2D eigenvalue weighted by Crippen LogP contribution is 2.40. The van der Waals surface area contributed by atoms with E-state index in [2.05, 4.69) is 11.9 Å². The summed E-state index contributed by atoms with van der Waals surface area (Å²) < 4.78 is 23.0. The molecule has 2 heterocycles. The summed E-state index contributed by atoms with van der Waals surface area (Å²) in [6, 6.07) is 0.0223. The van der Waals surface area contributed by atoms with E-state index in [-0.39, 0.29) is 24.4 Å². The first-order valence-corrected chi connectivity index (χ1v) is 7.32. The van der Waals surface area contributed by atoms with Crippen LogP contribution in [-0.2, 0) is 23.7 Å². The second kappa shape index (κ2) is 6.98. The molecule has 0 bridgehead atoms. The molecular formula is C15H25NO5. The van der Waals surface area contributed by atoms with Gasteiger partial charge in [0.05, 0.1) is 6.10 Å². The second-order valence-corrected chi connectivity index (χ2v) is 5.88. The monoisotopic (exact) mass is 299 g/mol. The van der Waals surface area contributed by atoms with Crippen LogP contribution in [0.3, 0.4) is 0 Å². The van der Waals surface area contributed by atoms with Gasteiger partial charge in [0.1, 0.15) is 18.5 Å². The van der Waals surface area contributed by atoms with Crippen LogP contribution in [0.25, 0.3) is 0 Å². The van der Waals surface area contributed by atoms with Gasteiger partial charge in [-0.25, -0.2) is 0 Å². The lowest BCUT2D eigenvalue weighted by Crippen LogP contribution is -2.38. The lowest BCUT2D eigenvalue weighted by Gasteiger charge is -2.25. The maximum Gasteiger partial charge on any atom is 0.186 e. The van der Waals surface area contributed by atoms with E-state index in [1.54, 1.807) is 13.2 Å². The maximum absolute atomic E-state index is 10.8. The SMILES string of the molecule is C=CCNC(CC=O)CC1OC(OC)C2OC(C)(C)OC12. The van der Waals surface area contributed by atoms with Crippen molar-refractivity contribution in [2.75, 3.05) is 13.7 Å². The summed E-state index contributed by atoms with van der Waals surface area (Å²) in [4.78, 5) is 10.8. The van der Waals surface area contributed by atoms with E-state index in [1.807, 2.05) is 13.8 Å². The van der Waals surface area contributed by atoms with Crippen molar-refractivity contribution in [1.82, 2.24) is 5.32 Å². The van der Waals surface area contributed by atoms with E-state index in [4.69, 9.17) is 18.9 Å². The molecule has 0 aromatic rings. The van der Waals surface area contributed by atoms with Crippen molar-refractivity contribution >= 4 is 6.29 Å². The predicted octanol–water partition coefficient (Wildman–Crippen LogP) is 1.00. The fraction of sp³-hybridized carbons (Fsp3) is 0.800. The van der Waals surface area contributed by atoms with Crippen LogP contribution in [0.2, 0.25) is 0 Å². The number of fused-ring (bicyclic) bond motifs is 1. The minimum absolute atomic E-state index is 0.0223. The van der Waals surface area contributed by atoms with Crippen LogP contribution in [0, 0.1) is 0 Å². The highest BCUT2D eigenvalue weighted by molar-refractivity contribution is 5.50. The molecule has 2 aliphatic rings. The van der Waals surface area contributed by atoms with Crippen LogP contribution < -0.4 is 5.32 Å². The van der Waals surface area contributed by atoms with Crippen LogP contribution in [0.1, 0.15) is 26.7 Å². The number of carbonyl (C=O) groups is 1. The zero-order valence-electron chi connectivity index (χ0n) is 12.9. The molecule has 6 nitrogen and oxygen atoms in total. The van der Waals surface area contributed by atoms with Gasteiger partial charge in [0.15, 0.2) is 12.1 Å². The molecule has 5 unspecified atom stereocenters. The molecule has 2 saturated heterocycles. The molecule has 120 valence electrons. The Kier molecular flexibility index (Phi) is 5.51. The van der Waals surface area contributed by atoms with Crippen molar-refractivity contribution in [3.63, 3.8) is 0 Å². The molecule has 6 heteroatoms. The average Bonchev–Trinajstić information content (AvgIpc) is 2.90. The van der Waals surface area contributed by atoms with Crippen molar-refractivity contribution in [1.29, 1.82) is 0 Å². The Balaban J connectivity index is 2.01.